The molecule has 3 heteroatoms. The van der Waals surface area contributed by atoms with Gasteiger partial charge in [0.1, 0.15) is 5.75 Å². The Kier molecular flexibility index (Phi) is 6.84. The SMILES string of the molecule is C=CCCC(NCCC)c1cc(Cl)ccc1OC. The highest BCUT2D eigenvalue weighted by Crippen LogP contribution is 2.30. The molecule has 0 bridgehead atoms. The van der Waals surface area contributed by atoms with Crippen molar-refractivity contribution in [1.29, 1.82) is 0 Å². The molecular formula is C15H22ClNO. The average Bonchev–Trinajstić information content (AvgIpc) is 2.39. The van der Waals surface area contributed by atoms with Gasteiger partial charge >= 0.3 is 0 Å². The van der Waals surface area contributed by atoms with Gasteiger partial charge in [0.2, 0.25) is 0 Å². The van der Waals surface area contributed by atoms with Gasteiger partial charge in [-0.05, 0) is 44.0 Å². The standard InChI is InChI=1S/C15H22ClNO/c1-4-6-7-14(17-10-5-2)13-11-12(16)8-9-15(13)18-3/h4,8-9,11,14,17H,1,5-7,10H2,2-3H3. The minimum absolute atomic E-state index is 0.261. The Balaban J connectivity index is 2.93. The van der Waals surface area contributed by atoms with E-state index in [2.05, 4.69) is 18.8 Å². The molecule has 0 aliphatic rings. The van der Waals surface area contributed by atoms with Crippen molar-refractivity contribution in [3.8, 4) is 5.75 Å². The van der Waals surface area contributed by atoms with Crippen LogP contribution in [0.4, 0.5) is 0 Å². The summed E-state index contributed by atoms with van der Waals surface area (Å²) in [7, 11) is 1.69. The Morgan fingerprint density at radius 3 is 2.89 bits per heavy atom. The minimum Gasteiger partial charge on any atom is -0.496 e. The van der Waals surface area contributed by atoms with Crippen molar-refractivity contribution in [2.45, 2.75) is 32.2 Å². The number of rotatable bonds is 8. The molecule has 0 radical (unpaired) electrons. The van der Waals surface area contributed by atoms with Crippen LogP contribution in [0.15, 0.2) is 30.9 Å². The molecule has 0 aliphatic carbocycles. The fourth-order valence-electron chi connectivity index (χ4n) is 1.95. The van der Waals surface area contributed by atoms with Gasteiger partial charge in [-0.3, -0.25) is 0 Å². The number of benzene rings is 1. The van der Waals surface area contributed by atoms with Gasteiger partial charge in [0.05, 0.1) is 7.11 Å². The van der Waals surface area contributed by atoms with E-state index in [1.54, 1.807) is 7.11 Å². The van der Waals surface area contributed by atoms with Gasteiger partial charge in [0, 0.05) is 16.6 Å². The van der Waals surface area contributed by atoms with E-state index in [-0.39, 0.29) is 6.04 Å². The third-order valence-electron chi connectivity index (χ3n) is 2.87. The lowest BCUT2D eigenvalue weighted by Crippen LogP contribution is -2.22. The van der Waals surface area contributed by atoms with Crippen LogP contribution in [0.1, 0.15) is 37.8 Å². The first-order valence-corrected chi connectivity index (χ1v) is 6.78. The number of hydrogen-bond acceptors (Lipinski definition) is 2. The van der Waals surface area contributed by atoms with Gasteiger partial charge < -0.3 is 10.1 Å². The van der Waals surface area contributed by atoms with E-state index in [9.17, 15) is 0 Å². The Morgan fingerprint density at radius 2 is 2.28 bits per heavy atom. The second kappa shape index (κ2) is 8.17. The van der Waals surface area contributed by atoms with Crippen molar-refractivity contribution < 1.29 is 4.74 Å². The molecular weight excluding hydrogens is 246 g/mol. The number of ether oxygens (including phenoxy) is 1. The van der Waals surface area contributed by atoms with Crippen molar-refractivity contribution in [3.63, 3.8) is 0 Å². The highest BCUT2D eigenvalue weighted by atomic mass is 35.5. The summed E-state index contributed by atoms with van der Waals surface area (Å²) in [6.45, 7) is 6.92. The maximum atomic E-state index is 6.08. The van der Waals surface area contributed by atoms with Crippen molar-refractivity contribution in [1.82, 2.24) is 5.32 Å². The Labute approximate surface area is 115 Å². The normalized spacial score (nSPS) is 12.2. The van der Waals surface area contributed by atoms with E-state index in [0.717, 1.165) is 42.1 Å². The lowest BCUT2D eigenvalue weighted by atomic mass is 10.0. The van der Waals surface area contributed by atoms with Gasteiger partial charge in [-0.1, -0.05) is 24.6 Å². The second-order valence-corrected chi connectivity index (χ2v) is 4.70. The van der Waals surface area contributed by atoms with Crippen LogP contribution in [0.3, 0.4) is 0 Å². The molecule has 0 heterocycles. The number of halogens is 1. The molecule has 100 valence electrons. The van der Waals surface area contributed by atoms with E-state index in [1.165, 1.54) is 0 Å². The Hall–Kier alpha value is -0.990. The molecule has 1 aromatic carbocycles. The zero-order valence-corrected chi connectivity index (χ0v) is 12.0. The molecule has 1 rings (SSSR count). The van der Waals surface area contributed by atoms with Crippen LogP contribution in [-0.4, -0.2) is 13.7 Å². The highest BCUT2D eigenvalue weighted by molar-refractivity contribution is 6.30. The zero-order valence-electron chi connectivity index (χ0n) is 11.2. The van der Waals surface area contributed by atoms with Crippen molar-refractivity contribution in [2.75, 3.05) is 13.7 Å². The van der Waals surface area contributed by atoms with Crippen LogP contribution in [-0.2, 0) is 0 Å². The third-order valence-corrected chi connectivity index (χ3v) is 3.10. The molecule has 0 spiro atoms. The van der Waals surface area contributed by atoms with Gasteiger partial charge in [0.25, 0.3) is 0 Å². The molecule has 0 aromatic heterocycles. The molecule has 0 saturated carbocycles. The first kappa shape index (κ1) is 15.1. The van der Waals surface area contributed by atoms with Crippen molar-refractivity contribution >= 4 is 11.6 Å². The molecule has 1 N–H and O–H groups in total. The first-order chi connectivity index (χ1) is 8.72. The maximum absolute atomic E-state index is 6.08. The Bertz CT molecular complexity index is 379. The quantitative estimate of drug-likeness (QED) is 0.707. The molecule has 18 heavy (non-hydrogen) atoms. The number of nitrogens with one attached hydrogen (secondary N) is 1. The van der Waals surface area contributed by atoms with Crippen LogP contribution < -0.4 is 10.1 Å². The second-order valence-electron chi connectivity index (χ2n) is 4.26. The van der Waals surface area contributed by atoms with Gasteiger partial charge in [0.15, 0.2) is 0 Å². The van der Waals surface area contributed by atoms with E-state index < -0.39 is 0 Å². The summed E-state index contributed by atoms with van der Waals surface area (Å²) in [5.41, 5.74) is 1.13. The molecule has 1 aromatic rings. The molecule has 0 amide bonds. The summed E-state index contributed by atoms with van der Waals surface area (Å²) >= 11 is 6.08. The predicted molar refractivity (Wildman–Crippen MR) is 78.5 cm³/mol. The average molecular weight is 268 g/mol. The first-order valence-electron chi connectivity index (χ1n) is 6.40. The van der Waals surface area contributed by atoms with Gasteiger partial charge in [-0.15, -0.1) is 6.58 Å². The molecule has 0 fully saturated rings. The van der Waals surface area contributed by atoms with Crippen molar-refractivity contribution in [3.05, 3.63) is 41.4 Å². The number of hydrogen-bond donors (Lipinski definition) is 1. The summed E-state index contributed by atoms with van der Waals surface area (Å²) in [4.78, 5) is 0. The maximum Gasteiger partial charge on any atom is 0.123 e. The van der Waals surface area contributed by atoms with Gasteiger partial charge in [-0.2, -0.15) is 0 Å². The monoisotopic (exact) mass is 267 g/mol. The van der Waals surface area contributed by atoms with E-state index >= 15 is 0 Å². The van der Waals surface area contributed by atoms with Gasteiger partial charge in [-0.25, -0.2) is 0 Å². The summed E-state index contributed by atoms with van der Waals surface area (Å²) < 4.78 is 5.42. The number of allylic oxidation sites excluding steroid dienone is 1. The molecule has 2 nitrogen and oxygen atoms in total. The number of methoxy groups -OCH3 is 1. The predicted octanol–water partition coefficient (Wildman–Crippen LogP) is 4.36. The summed E-state index contributed by atoms with van der Waals surface area (Å²) in [5.74, 6) is 0.886. The lowest BCUT2D eigenvalue weighted by Gasteiger charge is -2.21. The van der Waals surface area contributed by atoms with E-state index in [0.29, 0.717) is 0 Å². The fraction of sp³-hybridized carbons (Fsp3) is 0.467. The van der Waals surface area contributed by atoms with Crippen LogP contribution in [0.5, 0.6) is 5.75 Å². The fourth-order valence-corrected chi connectivity index (χ4v) is 2.13. The molecule has 1 atom stereocenters. The van der Waals surface area contributed by atoms with E-state index in [4.69, 9.17) is 16.3 Å². The molecule has 0 aliphatic heterocycles. The summed E-state index contributed by atoms with van der Waals surface area (Å²) in [6.07, 6.45) is 5.02. The van der Waals surface area contributed by atoms with E-state index in [1.807, 2.05) is 24.3 Å². The topological polar surface area (TPSA) is 21.3 Å². The third kappa shape index (κ3) is 4.35. The van der Waals surface area contributed by atoms with Crippen LogP contribution >= 0.6 is 11.6 Å². The molecule has 1 unspecified atom stereocenters. The van der Waals surface area contributed by atoms with Crippen LogP contribution in [0, 0.1) is 0 Å². The smallest absolute Gasteiger partial charge is 0.123 e. The highest BCUT2D eigenvalue weighted by Gasteiger charge is 2.15. The zero-order chi connectivity index (χ0) is 13.4. The summed E-state index contributed by atoms with van der Waals surface area (Å²) in [6, 6.07) is 6.02. The summed E-state index contributed by atoms with van der Waals surface area (Å²) in [5, 5.41) is 4.28. The lowest BCUT2D eigenvalue weighted by molar-refractivity contribution is 0.395. The largest absolute Gasteiger partial charge is 0.496 e. The van der Waals surface area contributed by atoms with Crippen LogP contribution in [0.25, 0.3) is 0 Å². The molecule has 0 saturated heterocycles. The minimum atomic E-state index is 0.261. The van der Waals surface area contributed by atoms with Crippen LogP contribution in [0.2, 0.25) is 5.02 Å². The Morgan fingerprint density at radius 1 is 1.50 bits per heavy atom. The van der Waals surface area contributed by atoms with Crippen molar-refractivity contribution in [2.24, 2.45) is 0 Å².